The van der Waals surface area contributed by atoms with E-state index >= 15 is 0 Å². The Morgan fingerprint density at radius 3 is 2.44 bits per heavy atom. The van der Waals surface area contributed by atoms with Crippen molar-refractivity contribution in [3.05, 3.63) is 0 Å². The predicted octanol–water partition coefficient (Wildman–Crippen LogP) is 2.22. The van der Waals surface area contributed by atoms with Crippen LogP contribution in [0, 0.1) is 11.8 Å². The molecule has 0 aliphatic heterocycles. The Morgan fingerprint density at radius 2 is 2.00 bits per heavy atom. The van der Waals surface area contributed by atoms with Crippen molar-refractivity contribution < 1.29 is 9.90 Å². The second-order valence-electron chi connectivity index (χ2n) is 5.56. The van der Waals surface area contributed by atoms with E-state index in [1.54, 1.807) is 0 Å². The van der Waals surface area contributed by atoms with Gasteiger partial charge in [0.2, 0.25) is 5.91 Å². The number of aliphatic hydroxyl groups is 1. The Morgan fingerprint density at radius 1 is 1.38 bits per heavy atom. The molecule has 3 heteroatoms. The van der Waals surface area contributed by atoms with Gasteiger partial charge in [-0.1, -0.05) is 39.5 Å². The molecule has 0 aromatic carbocycles. The summed E-state index contributed by atoms with van der Waals surface area (Å²) in [5, 5.41) is 10.2. The molecule has 1 aliphatic carbocycles. The first-order valence-corrected chi connectivity index (χ1v) is 6.49. The van der Waals surface area contributed by atoms with Crippen molar-refractivity contribution in [3.63, 3.8) is 0 Å². The van der Waals surface area contributed by atoms with Crippen LogP contribution in [0.2, 0.25) is 0 Å². The molecule has 0 saturated heterocycles. The molecular weight excluding hydrogens is 202 g/mol. The molecule has 1 rings (SSSR count). The highest BCUT2D eigenvalue weighted by Gasteiger charge is 2.47. The lowest BCUT2D eigenvalue weighted by molar-refractivity contribution is -0.139. The summed E-state index contributed by atoms with van der Waals surface area (Å²) in [6, 6.07) is 0. The summed E-state index contributed by atoms with van der Waals surface area (Å²) in [6.45, 7) is 4.42. The number of unbranched alkanes of at least 4 members (excludes halogenated alkanes) is 2. The normalized spacial score (nSPS) is 19.8. The van der Waals surface area contributed by atoms with E-state index in [4.69, 9.17) is 5.73 Å². The fourth-order valence-corrected chi connectivity index (χ4v) is 2.21. The van der Waals surface area contributed by atoms with Crippen molar-refractivity contribution >= 4 is 5.91 Å². The molecule has 1 unspecified atom stereocenters. The molecule has 1 aliphatic rings. The SMILES string of the molecule is CC(C)CCCCCC(O)(C(N)=O)C1CC1. The van der Waals surface area contributed by atoms with E-state index < -0.39 is 11.5 Å². The lowest BCUT2D eigenvalue weighted by Crippen LogP contribution is -2.45. The van der Waals surface area contributed by atoms with Gasteiger partial charge >= 0.3 is 0 Å². The first-order chi connectivity index (χ1) is 7.47. The van der Waals surface area contributed by atoms with E-state index in [0.717, 1.165) is 31.6 Å². The van der Waals surface area contributed by atoms with Gasteiger partial charge in [-0.25, -0.2) is 0 Å². The number of carbonyl (C=O) groups is 1. The number of nitrogens with two attached hydrogens (primary N) is 1. The number of primary amides is 1. The monoisotopic (exact) mass is 227 g/mol. The van der Waals surface area contributed by atoms with Crippen LogP contribution in [0.4, 0.5) is 0 Å². The molecule has 0 bridgehead atoms. The molecule has 0 aromatic heterocycles. The van der Waals surface area contributed by atoms with Gasteiger partial charge in [0.15, 0.2) is 0 Å². The molecule has 1 amide bonds. The third-order valence-electron chi connectivity index (χ3n) is 3.52. The standard InChI is InChI=1S/C13H25NO2/c1-10(2)6-4-3-5-9-13(16,12(14)15)11-7-8-11/h10-11,16H,3-9H2,1-2H3,(H2,14,15). The van der Waals surface area contributed by atoms with Crippen molar-refractivity contribution in [2.45, 2.75) is 64.4 Å². The van der Waals surface area contributed by atoms with E-state index in [-0.39, 0.29) is 5.92 Å². The van der Waals surface area contributed by atoms with Gasteiger partial charge < -0.3 is 10.8 Å². The molecule has 0 heterocycles. The molecular formula is C13H25NO2. The summed E-state index contributed by atoms with van der Waals surface area (Å²) in [6.07, 6.45) is 6.83. The molecule has 3 N–H and O–H groups in total. The Kier molecular flexibility index (Phi) is 4.78. The number of hydrogen-bond acceptors (Lipinski definition) is 2. The van der Waals surface area contributed by atoms with E-state index in [0.29, 0.717) is 6.42 Å². The van der Waals surface area contributed by atoms with Gasteiger partial charge in [-0.3, -0.25) is 4.79 Å². The molecule has 1 atom stereocenters. The number of rotatable bonds is 8. The molecule has 1 saturated carbocycles. The zero-order valence-corrected chi connectivity index (χ0v) is 10.5. The van der Waals surface area contributed by atoms with Crippen LogP contribution in [0.1, 0.15) is 58.8 Å². The summed E-state index contributed by atoms with van der Waals surface area (Å²) in [5.41, 5.74) is 4.08. The Balaban J connectivity index is 2.21. The molecule has 0 aromatic rings. The van der Waals surface area contributed by atoms with Crippen LogP contribution in [0.5, 0.6) is 0 Å². The number of amides is 1. The molecule has 16 heavy (non-hydrogen) atoms. The number of carbonyl (C=O) groups excluding carboxylic acids is 1. The van der Waals surface area contributed by atoms with Gasteiger partial charge in [-0.05, 0) is 31.1 Å². The molecule has 0 spiro atoms. The van der Waals surface area contributed by atoms with E-state index in [1.807, 2.05) is 0 Å². The van der Waals surface area contributed by atoms with E-state index in [2.05, 4.69) is 13.8 Å². The van der Waals surface area contributed by atoms with Gasteiger partial charge in [-0.15, -0.1) is 0 Å². The summed E-state index contributed by atoms with van der Waals surface area (Å²) in [4.78, 5) is 11.2. The van der Waals surface area contributed by atoms with Gasteiger partial charge in [0.1, 0.15) is 5.60 Å². The van der Waals surface area contributed by atoms with Crippen LogP contribution in [-0.2, 0) is 4.79 Å². The first kappa shape index (κ1) is 13.5. The maximum Gasteiger partial charge on any atom is 0.249 e. The third-order valence-corrected chi connectivity index (χ3v) is 3.52. The van der Waals surface area contributed by atoms with Crippen LogP contribution in [0.3, 0.4) is 0 Å². The maximum atomic E-state index is 11.2. The van der Waals surface area contributed by atoms with Crippen LogP contribution in [0.15, 0.2) is 0 Å². The van der Waals surface area contributed by atoms with Gasteiger partial charge in [0, 0.05) is 0 Å². The van der Waals surface area contributed by atoms with Gasteiger partial charge in [-0.2, -0.15) is 0 Å². The molecule has 0 radical (unpaired) electrons. The van der Waals surface area contributed by atoms with Gasteiger partial charge in [0.05, 0.1) is 0 Å². The van der Waals surface area contributed by atoms with Crippen LogP contribution in [-0.4, -0.2) is 16.6 Å². The lowest BCUT2D eigenvalue weighted by Gasteiger charge is -2.24. The van der Waals surface area contributed by atoms with Crippen molar-refractivity contribution in [2.24, 2.45) is 17.6 Å². The van der Waals surface area contributed by atoms with E-state index in [9.17, 15) is 9.90 Å². The Hall–Kier alpha value is -0.570. The highest BCUT2D eigenvalue weighted by molar-refractivity contribution is 5.83. The summed E-state index contributed by atoms with van der Waals surface area (Å²) < 4.78 is 0. The minimum Gasteiger partial charge on any atom is -0.380 e. The molecule has 94 valence electrons. The largest absolute Gasteiger partial charge is 0.380 e. The van der Waals surface area contributed by atoms with Crippen molar-refractivity contribution in [2.75, 3.05) is 0 Å². The highest BCUT2D eigenvalue weighted by Crippen LogP contribution is 2.42. The average molecular weight is 227 g/mol. The number of hydrogen-bond donors (Lipinski definition) is 2. The maximum absolute atomic E-state index is 11.2. The third kappa shape index (κ3) is 3.78. The van der Waals surface area contributed by atoms with Crippen LogP contribution in [0.25, 0.3) is 0 Å². The van der Waals surface area contributed by atoms with Crippen molar-refractivity contribution in [1.29, 1.82) is 0 Å². The smallest absolute Gasteiger partial charge is 0.249 e. The fourth-order valence-electron chi connectivity index (χ4n) is 2.21. The van der Waals surface area contributed by atoms with Crippen molar-refractivity contribution in [1.82, 2.24) is 0 Å². The van der Waals surface area contributed by atoms with E-state index in [1.165, 1.54) is 12.8 Å². The summed E-state index contributed by atoms with van der Waals surface area (Å²) in [5.74, 6) is 0.340. The Bertz CT molecular complexity index is 236. The zero-order valence-electron chi connectivity index (χ0n) is 10.5. The predicted molar refractivity (Wildman–Crippen MR) is 64.8 cm³/mol. The first-order valence-electron chi connectivity index (χ1n) is 6.49. The minimum absolute atomic E-state index is 0.134. The molecule has 3 nitrogen and oxygen atoms in total. The van der Waals surface area contributed by atoms with Crippen LogP contribution < -0.4 is 5.73 Å². The van der Waals surface area contributed by atoms with Crippen molar-refractivity contribution in [3.8, 4) is 0 Å². The second kappa shape index (κ2) is 5.67. The second-order valence-corrected chi connectivity index (χ2v) is 5.56. The average Bonchev–Trinajstić information content (AvgIpc) is 2.99. The zero-order chi connectivity index (χ0) is 12.2. The quantitative estimate of drug-likeness (QED) is 0.624. The lowest BCUT2D eigenvalue weighted by atomic mass is 9.90. The van der Waals surface area contributed by atoms with Gasteiger partial charge in [0.25, 0.3) is 0 Å². The highest BCUT2D eigenvalue weighted by atomic mass is 16.3. The Labute approximate surface area is 98.4 Å². The summed E-state index contributed by atoms with van der Waals surface area (Å²) in [7, 11) is 0. The minimum atomic E-state index is -1.21. The molecule has 1 fully saturated rings. The topological polar surface area (TPSA) is 63.3 Å². The fraction of sp³-hybridized carbons (Fsp3) is 0.923. The van der Waals surface area contributed by atoms with Crippen LogP contribution >= 0.6 is 0 Å². The summed E-state index contributed by atoms with van der Waals surface area (Å²) >= 11 is 0.